The molecule has 2 saturated carbocycles. The van der Waals surface area contributed by atoms with Gasteiger partial charge in [0.1, 0.15) is 23.9 Å². The molecule has 4 fully saturated rings. The topological polar surface area (TPSA) is 219 Å². The van der Waals surface area contributed by atoms with Crippen molar-refractivity contribution in [2.24, 2.45) is 51.8 Å². The number of esters is 1. The van der Waals surface area contributed by atoms with Crippen LogP contribution in [0.3, 0.4) is 0 Å². The molecule has 2 saturated heterocycles. The molecule has 70 heavy (non-hydrogen) atoms. The van der Waals surface area contributed by atoms with Crippen LogP contribution >= 0.6 is 0 Å². The highest BCUT2D eigenvalue weighted by Gasteiger charge is 2.75. The molecule has 0 aromatic carbocycles. The minimum Gasteiger partial charge on any atom is -0.459 e. The van der Waals surface area contributed by atoms with E-state index in [-0.39, 0.29) is 56.1 Å². The van der Waals surface area contributed by atoms with Crippen LogP contribution in [0.1, 0.15) is 134 Å². The third kappa shape index (κ3) is 9.75. The maximum atomic E-state index is 17.8. The van der Waals surface area contributed by atoms with Crippen LogP contribution in [0.15, 0.2) is 23.8 Å². The zero-order chi connectivity index (χ0) is 52.4. The predicted molar refractivity (Wildman–Crippen MR) is 263 cm³/mol. The van der Waals surface area contributed by atoms with Gasteiger partial charge in [-0.15, -0.1) is 0 Å². The van der Waals surface area contributed by atoms with Crippen LogP contribution in [0.25, 0.3) is 0 Å². The molecule has 0 radical (unpaired) electrons. The van der Waals surface area contributed by atoms with Crippen molar-refractivity contribution < 1.29 is 63.6 Å². The maximum absolute atomic E-state index is 17.8. The van der Waals surface area contributed by atoms with Crippen LogP contribution in [0.4, 0.5) is 4.39 Å². The fourth-order valence-corrected chi connectivity index (χ4v) is 14.8. The smallest absolute Gasteiger partial charge is 0.311 e. The van der Waals surface area contributed by atoms with Crippen LogP contribution in [0, 0.1) is 51.8 Å². The number of fused-ring (bicyclic) bond motifs is 5. The second kappa shape index (κ2) is 20.7. The number of carbonyl (C=O) groups is 3. The molecule has 6 aliphatic rings. The molecular weight excluding hydrogens is 902 g/mol. The first-order valence-electron chi connectivity index (χ1n) is 26.3. The van der Waals surface area contributed by atoms with Gasteiger partial charge in [0.25, 0.3) is 5.91 Å². The number of hydrogen-bond donors (Lipinski definition) is 7. The van der Waals surface area contributed by atoms with E-state index in [1.807, 2.05) is 59.7 Å². The highest BCUT2D eigenvalue weighted by atomic mass is 19.1. The average Bonchev–Trinajstić information content (AvgIpc) is 3.48. The van der Waals surface area contributed by atoms with Gasteiger partial charge in [-0.05, 0) is 123 Å². The van der Waals surface area contributed by atoms with Crippen LogP contribution < -0.4 is 5.32 Å². The molecule has 16 heteroatoms. The van der Waals surface area contributed by atoms with Gasteiger partial charge in [-0.3, -0.25) is 19.3 Å². The van der Waals surface area contributed by atoms with Gasteiger partial charge in [-0.25, -0.2) is 4.39 Å². The summed E-state index contributed by atoms with van der Waals surface area (Å²) in [4.78, 5) is 44.7. The highest BCUT2D eigenvalue weighted by Crippen LogP contribution is 2.70. The molecule has 2 unspecified atom stereocenters. The van der Waals surface area contributed by atoms with Crippen molar-refractivity contribution in [3.05, 3.63) is 23.8 Å². The quantitative estimate of drug-likeness (QED) is 0.0964. The molecule has 1 amide bonds. The average molecular weight is 992 g/mol. The monoisotopic (exact) mass is 992 g/mol. The van der Waals surface area contributed by atoms with E-state index < -0.39 is 124 Å². The first kappa shape index (κ1) is 56.9. The van der Waals surface area contributed by atoms with Gasteiger partial charge >= 0.3 is 5.97 Å². The second-order valence-electron chi connectivity index (χ2n) is 24.6. The van der Waals surface area contributed by atoms with E-state index in [2.05, 4.69) is 17.1 Å². The number of aliphatic hydroxyl groups is 6. The van der Waals surface area contributed by atoms with Crippen LogP contribution in [0.5, 0.6) is 0 Å². The lowest BCUT2D eigenvalue weighted by Crippen LogP contribution is -2.69. The highest BCUT2D eigenvalue weighted by molar-refractivity contribution is 5.93. The second-order valence-corrected chi connectivity index (χ2v) is 24.6. The summed E-state index contributed by atoms with van der Waals surface area (Å²) in [6.45, 7) is 22.7. The van der Waals surface area contributed by atoms with Gasteiger partial charge in [-0.1, -0.05) is 66.2 Å². The molecule has 15 nitrogen and oxygen atoms in total. The Morgan fingerprint density at radius 1 is 0.957 bits per heavy atom. The van der Waals surface area contributed by atoms with Crippen molar-refractivity contribution in [2.45, 2.75) is 212 Å². The lowest BCUT2D eigenvalue weighted by atomic mass is 9.45. The standard InChI is InChI=1S/C54H90FN3O12/c1-15-41-52(12,66)44(63)34(7)58(28-29(2)26-49(8,9)45(32(5)42(61)33(6)46(64)69-41)70-47-43(62)39(57(13)14)24-31(4)68-47)22-16-21-56-48(65)54(67)30(3)23-38-37-18-17-35-25-36(59)19-20-50(35,10)53(37,55)40(60)27-51(38,54)11/h17,19-20,29-34,37-45,47,60-63,66-67H,15-16,18,21-28H2,1-14H3,(H,56,65)/t29-,30-,31-,32+,33-,34-,37?,38?,39-,40+,41-,42+,43-,44-,45-,47+,50+,51+,52-,53+,54+/m1/s1. The number of allylic oxidation sites excluding steroid dienone is 4. The Labute approximate surface area is 416 Å². The van der Waals surface area contributed by atoms with Crippen molar-refractivity contribution in [1.29, 1.82) is 0 Å². The Hall–Kier alpha value is -2.38. The zero-order valence-corrected chi connectivity index (χ0v) is 44.7. The molecule has 0 aromatic rings. The summed E-state index contributed by atoms with van der Waals surface area (Å²) in [6.07, 6.45) is -1.01. The van der Waals surface area contributed by atoms with Crippen LogP contribution in [-0.2, 0) is 28.6 Å². The number of nitrogens with zero attached hydrogens (tertiary/aromatic N) is 2. The summed E-state index contributed by atoms with van der Waals surface area (Å²) >= 11 is 0. The van der Waals surface area contributed by atoms with E-state index >= 15 is 4.39 Å². The number of likely N-dealkylation sites (N-methyl/N-ethyl adjacent to an activating group) is 1. The summed E-state index contributed by atoms with van der Waals surface area (Å²) in [5, 5.41) is 75.1. The third-order valence-corrected chi connectivity index (χ3v) is 19.0. The first-order valence-corrected chi connectivity index (χ1v) is 26.3. The van der Waals surface area contributed by atoms with E-state index in [0.29, 0.717) is 44.3 Å². The van der Waals surface area contributed by atoms with E-state index in [1.54, 1.807) is 40.7 Å². The lowest BCUT2D eigenvalue weighted by molar-refractivity contribution is -0.290. The molecule has 6 rings (SSSR count). The van der Waals surface area contributed by atoms with E-state index in [0.717, 1.165) is 0 Å². The fraction of sp³-hybridized carbons (Fsp3) is 0.870. The van der Waals surface area contributed by atoms with Gasteiger partial charge in [0.15, 0.2) is 23.3 Å². The number of aliphatic hydroxyl groups excluding tert-OH is 4. The Balaban J connectivity index is 1.23. The number of amides is 1. The molecule has 4 aliphatic carbocycles. The minimum atomic E-state index is -2.09. The number of rotatable bonds is 9. The summed E-state index contributed by atoms with van der Waals surface area (Å²) in [5.41, 5.74) is -8.31. The number of alkyl halides is 1. The summed E-state index contributed by atoms with van der Waals surface area (Å²) in [5.74, 6) is -4.90. The number of ether oxygens (including phenoxy) is 3. The fourth-order valence-electron chi connectivity index (χ4n) is 14.8. The molecule has 2 heterocycles. The number of ketones is 1. The molecular formula is C54H90FN3O12. The zero-order valence-electron chi connectivity index (χ0n) is 44.7. The Morgan fingerprint density at radius 2 is 1.61 bits per heavy atom. The molecule has 7 N–H and O–H groups in total. The first-order chi connectivity index (χ1) is 32.3. The Kier molecular flexibility index (Phi) is 16.9. The number of halogens is 1. The molecule has 0 bridgehead atoms. The van der Waals surface area contributed by atoms with Gasteiger partial charge in [0, 0.05) is 60.8 Å². The van der Waals surface area contributed by atoms with E-state index in [4.69, 9.17) is 14.2 Å². The van der Waals surface area contributed by atoms with E-state index in [9.17, 15) is 45.0 Å². The lowest BCUT2D eigenvalue weighted by Gasteiger charge is -2.61. The largest absolute Gasteiger partial charge is 0.459 e. The molecule has 0 aromatic heterocycles. The molecule has 21 atom stereocenters. The maximum Gasteiger partial charge on any atom is 0.311 e. The third-order valence-electron chi connectivity index (χ3n) is 19.0. The summed E-state index contributed by atoms with van der Waals surface area (Å²) in [6, 6.07) is -0.931. The van der Waals surface area contributed by atoms with Crippen molar-refractivity contribution in [2.75, 3.05) is 33.7 Å². The van der Waals surface area contributed by atoms with E-state index in [1.165, 1.54) is 13.0 Å². The number of hydrogen-bond acceptors (Lipinski definition) is 14. The molecule has 400 valence electrons. The Morgan fingerprint density at radius 3 is 2.24 bits per heavy atom. The normalized spacial score (nSPS) is 48.3. The van der Waals surface area contributed by atoms with Gasteiger partial charge < -0.3 is 55.1 Å². The molecule has 2 aliphatic heterocycles. The van der Waals surface area contributed by atoms with Gasteiger partial charge in [0.05, 0.1) is 30.3 Å². The number of carbonyl (C=O) groups excluding carboxylic acids is 3. The van der Waals surface area contributed by atoms with Gasteiger partial charge in [0.2, 0.25) is 0 Å². The molecule has 0 spiro atoms. The van der Waals surface area contributed by atoms with Crippen LogP contribution in [-0.4, -0.2) is 170 Å². The number of cyclic esters (lactones) is 1. The van der Waals surface area contributed by atoms with Gasteiger partial charge in [-0.2, -0.15) is 0 Å². The summed E-state index contributed by atoms with van der Waals surface area (Å²) < 4.78 is 36.8. The van der Waals surface area contributed by atoms with Crippen molar-refractivity contribution in [1.82, 2.24) is 15.1 Å². The Bertz CT molecular complexity index is 1970. The van der Waals surface area contributed by atoms with Crippen molar-refractivity contribution in [3.8, 4) is 0 Å². The van der Waals surface area contributed by atoms with Crippen molar-refractivity contribution >= 4 is 17.7 Å². The number of nitrogens with one attached hydrogen (secondary N) is 1. The van der Waals surface area contributed by atoms with Crippen LogP contribution in [0.2, 0.25) is 0 Å². The predicted octanol–water partition coefficient (Wildman–Crippen LogP) is 4.48. The summed E-state index contributed by atoms with van der Waals surface area (Å²) in [7, 11) is 3.80. The SMILES string of the molecule is CC[C@H]1OC(=O)[C@H](C)[C@@H](O)[C@H](C)[C@@H](O[C@@H]2O[C@H](C)C[C@@H](N(C)C)[C@H]2O)C(C)(C)C[C@@H](C)CN(CCCNC(=O)[C@@]2(O)[C@H](C)CC3C4CC=C5CC(=O)C=C[C@]5(C)[C@@]4(F)[C@@H](O)C[C@@]32C)[C@H](C)[C@@H](O)[C@]1(C)O. The van der Waals surface area contributed by atoms with Crippen molar-refractivity contribution in [3.63, 3.8) is 0 Å². The minimum absolute atomic E-state index is 0.0810.